The number of hydrogen-bond acceptors (Lipinski definition) is 4. The Labute approximate surface area is 125 Å². The lowest BCUT2D eigenvalue weighted by Crippen LogP contribution is -2.19. The summed E-state index contributed by atoms with van der Waals surface area (Å²) in [5, 5.41) is 3.07. The molecule has 0 bridgehead atoms. The van der Waals surface area contributed by atoms with Crippen LogP contribution < -0.4 is 10.2 Å². The molecule has 21 heavy (non-hydrogen) atoms. The molecule has 4 nitrogen and oxygen atoms in total. The molecule has 112 valence electrons. The van der Waals surface area contributed by atoms with Gasteiger partial charge in [0, 0.05) is 33.1 Å². The van der Waals surface area contributed by atoms with Gasteiger partial charge in [-0.1, -0.05) is 19.1 Å². The molecule has 0 radical (unpaired) electrons. The first-order valence-electron chi connectivity index (χ1n) is 7.13. The van der Waals surface area contributed by atoms with Crippen LogP contribution >= 0.6 is 0 Å². The van der Waals surface area contributed by atoms with Crippen molar-refractivity contribution in [2.75, 3.05) is 24.3 Å². The summed E-state index contributed by atoms with van der Waals surface area (Å²) in [5.41, 5.74) is 1.04. The number of nitrogens with one attached hydrogen (secondary N) is 1. The van der Waals surface area contributed by atoms with E-state index in [1.807, 2.05) is 25.1 Å². The highest BCUT2D eigenvalue weighted by atomic mass is 19.1. The average Bonchev–Trinajstić information content (AvgIpc) is 2.49. The summed E-state index contributed by atoms with van der Waals surface area (Å²) < 4.78 is 12.9. The van der Waals surface area contributed by atoms with Gasteiger partial charge in [-0.05, 0) is 24.1 Å². The van der Waals surface area contributed by atoms with E-state index >= 15 is 0 Å². The van der Waals surface area contributed by atoms with Gasteiger partial charge >= 0.3 is 0 Å². The molecular weight excluding hydrogens is 267 g/mol. The van der Waals surface area contributed by atoms with Crippen molar-refractivity contribution in [1.82, 2.24) is 9.97 Å². The molecule has 0 saturated carbocycles. The number of aryl methyl sites for hydroxylation is 1. The zero-order chi connectivity index (χ0) is 15.2. The van der Waals surface area contributed by atoms with Crippen molar-refractivity contribution in [2.24, 2.45) is 0 Å². The monoisotopic (exact) mass is 288 g/mol. The third kappa shape index (κ3) is 4.15. The number of halogens is 1. The summed E-state index contributed by atoms with van der Waals surface area (Å²) in [7, 11) is 3.82. The Morgan fingerprint density at radius 2 is 1.90 bits per heavy atom. The smallest absolute Gasteiger partial charge is 0.134 e. The lowest BCUT2D eigenvalue weighted by atomic mass is 10.2. The first-order chi connectivity index (χ1) is 10.1. The van der Waals surface area contributed by atoms with Crippen molar-refractivity contribution in [3.8, 4) is 0 Å². The third-order valence-corrected chi connectivity index (χ3v) is 3.21. The second kappa shape index (κ2) is 7.02. The summed E-state index contributed by atoms with van der Waals surface area (Å²) in [6.45, 7) is 2.78. The van der Waals surface area contributed by atoms with Gasteiger partial charge in [0.25, 0.3) is 0 Å². The molecule has 1 N–H and O–H groups in total. The van der Waals surface area contributed by atoms with E-state index in [1.54, 1.807) is 12.1 Å². The van der Waals surface area contributed by atoms with Crippen LogP contribution in [-0.2, 0) is 13.0 Å². The number of hydrogen-bond donors (Lipinski definition) is 1. The Bertz CT molecular complexity index is 583. The highest BCUT2D eigenvalue weighted by Gasteiger charge is 2.08. The van der Waals surface area contributed by atoms with Crippen LogP contribution in [0.5, 0.6) is 0 Å². The molecule has 0 spiro atoms. The minimum Gasteiger partial charge on any atom is -0.373 e. The number of rotatable bonds is 6. The fraction of sp³-hybridized carbons (Fsp3) is 0.375. The predicted molar refractivity (Wildman–Crippen MR) is 84.1 cm³/mol. The molecule has 0 unspecified atom stereocenters. The molecule has 2 rings (SSSR count). The van der Waals surface area contributed by atoms with Crippen LogP contribution in [0, 0.1) is 5.82 Å². The van der Waals surface area contributed by atoms with Gasteiger partial charge in [0.15, 0.2) is 0 Å². The maximum absolute atomic E-state index is 12.9. The SMILES string of the molecule is CCCc1nc(NC)cc(N(C)Cc2ccc(F)cc2)n1. The minimum absolute atomic E-state index is 0.217. The van der Waals surface area contributed by atoms with E-state index < -0.39 is 0 Å². The Kier molecular flexibility index (Phi) is 5.09. The highest BCUT2D eigenvalue weighted by molar-refractivity contribution is 5.49. The maximum Gasteiger partial charge on any atom is 0.134 e. The van der Waals surface area contributed by atoms with E-state index in [-0.39, 0.29) is 5.82 Å². The second-order valence-corrected chi connectivity index (χ2v) is 5.01. The molecule has 1 heterocycles. The second-order valence-electron chi connectivity index (χ2n) is 5.01. The summed E-state index contributed by atoms with van der Waals surface area (Å²) >= 11 is 0. The van der Waals surface area contributed by atoms with Gasteiger partial charge in [-0.25, -0.2) is 14.4 Å². The predicted octanol–water partition coefficient (Wildman–Crippen LogP) is 3.25. The van der Waals surface area contributed by atoms with Gasteiger partial charge < -0.3 is 10.2 Å². The summed E-state index contributed by atoms with van der Waals surface area (Å²) in [6, 6.07) is 8.45. The first kappa shape index (κ1) is 15.2. The van der Waals surface area contributed by atoms with Gasteiger partial charge in [0.2, 0.25) is 0 Å². The molecule has 0 aliphatic rings. The van der Waals surface area contributed by atoms with Crippen LogP contribution in [0.1, 0.15) is 24.7 Å². The van der Waals surface area contributed by atoms with Gasteiger partial charge in [-0.15, -0.1) is 0 Å². The standard InChI is InChI=1S/C16H21FN4/c1-4-5-14-19-15(18-2)10-16(20-14)21(3)11-12-6-8-13(17)9-7-12/h6-10H,4-5,11H2,1-3H3,(H,18,19,20). The zero-order valence-electron chi connectivity index (χ0n) is 12.7. The molecule has 1 aromatic heterocycles. The van der Waals surface area contributed by atoms with Gasteiger partial charge in [-0.2, -0.15) is 0 Å². The van der Waals surface area contributed by atoms with Crippen molar-refractivity contribution in [3.05, 3.63) is 47.5 Å². The van der Waals surface area contributed by atoms with E-state index in [2.05, 4.69) is 22.2 Å². The minimum atomic E-state index is -0.217. The van der Waals surface area contributed by atoms with Crippen molar-refractivity contribution in [1.29, 1.82) is 0 Å². The molecule has 0 atom stereocenters. The van der Waals surface area contributed by atoms with Gasteiger partial charge in [-0.3, -0.25) is 0 Å². The average molecular weight is 288 g/mol. The van der Waals surface area contributed by atoms with Crippen LogP contribution in [-0.4, -0.2) is 24.1 Å². The lowest BCUT2D eigenvalue weighted by Gasteiger charge is -2.19. The highest BCUT2D eigenvalue weighted by Crippen LogP contribution is 2.17. The van der Waals surface area contributed by atoms with Gasteiger partial charge in [0.1, 0.15) is 23.3 Å². The van der Waals surface area contributed by atoms with E-state index in [0.29, 0.717) is 6.54 Å². The zero-order valence-corrected chi connectivity index (χ0v) is 12.7. The Balaban J connectivity index is 2.19. The third-order valence-electron chi connectivity index (χ3n) is 3.21. The molecule has 0 aliphatic heterocycles. The maximum atomic E-state index is 12.9. The lowest BCUT2D eigenvalue weighted by molar-refractivity contribution is 0.627. The number of nitrogens with zero attached hydrogens (tertiary/aromatic N) is 3. The van der Waals surface area contributed by atoms with E-state index in [1.165, 1.54) is 12.1 Å². The Morgan fingerprint density at radius 1 is 1.19 bits per heavy atom. The van der Waals surface area contributed by atoms with Crippen LogP contribution in [0.25, 0.3) is 0 Å². The molecule has 2 aromatic rings. The quantitative estimate of drug-likeness (QED) is 0.886. The number of aromatic nitrogens is 2. The van der Waals surface area contributed by atoms with Crippen molar-refractivity contribution in [2.45, 2.75) is 26.3 Å². The molecule has 0 saturated heterocycles. The molecule has 1 aromatic carbocycles. The van der Waals surface area contributed by atoms with Crippen molar-refractivity contribution >= 4 is 11.6 Å². The van der Waals surface area contributed by atoms with E-state index in [9.17, 15) is 4.39 Å². The Hall–Kier alpha value is -2.17. The summed E-state index contributed by atoms with van der Waals surface area (Å²) in [6.07, 6.45) is 1.86. The molecule has 0 aliphatic carbocycles. The topological polar surface area (TPSA) is 41.1 Å². The molecule has 0 fully saturated rings. The first-order valence-corrected chi connectivity index (χ1v) is 7.13. The molecule has 0 amide bonds. The van der Waals surface area contributed by atoms with Crippen LogP contribution in [0.3, 0.4) is 0 Å². The summed E-state index contributed by atoms with van der Waals surface area (Å²) in [4.78, 5) is 11.1. The number of benzene rings is 1. The molecular formula is C16H21FN4. The van der Waals surface area contributed by atoms with Crippen molar-refractivity contribution < 1.29 is 4.39 Å². The van der Waals surface area contributed by atoms with Crippen LogP contribution in [0.15, 0.2) is 30.3 Å². The largest absolute Gasteiger partial charge is 0.373 e. The molecule has 5 heteroatoms. The van der Waals surface area contributed by atoms with Gasteiger partial charge in [0.05, 0.1) is 0 Å². The van der Waals surface area contributed by atoms with Crippen LogP contribution in [0.2, 0.25) is 0 Å². The fourth-order valence-electron chi connectivity index (χ4n) is 2.09. The van der Waals surface area contributed by atoms with Crippen molar-refractivity contribution in [3.63, 3.8) is 0 Å². The normalized spacial score (nSPS) is 10.5. The van der Waals surface area contributed by atoms with E-state index in [4.69, 9.17) is 0 Å². The van der Waals surface area contributed by atoms with E-state index in [0.717, 1.165) is 35.9 Å². The summed E-state index contributed by atoms with van der Waals surface area (Å²) in [5.74, 6) is 2.30. The fourth-order valence-corrected chi connectivity index (χ4v) is 2.09. The van der Waals surface area contributed by atoms with Crippen LogP contribution in [0.4, 0.5) is 16.0 Å². The Morgan fingerprint density at radius 3 is 2.52 bits per heavy atom. The number of anilines is 2.